The second-order valence-corrected chi connectivity index (χ2v) is 4.41. The fourth-order valence-corrected chi connectivity index (χ4v) is 2.03. The quantitative estimate of drug-likeness (QED) is 0.850. The molecule has 0 bridgehead atoms. The molecule has 2 rings (SSSR count). The molecule has 0 saturated carbocycles. The summed E-state index contributed by atoms with van der Waals surface area (Å²) in [6.07, 6.45) is 6.96. The molecule has 18 heavy (non-hydrogen) atoms. The Morgan fingerprint density at radius 2 is 2.22 bits per heavy atom. The lowest BCUT2D eigenvalue weighted by Gasteiger charge is -2.07. The van der Waals surface area contributed by atoms with Crippen LogP contribution in [0.15, 0.2) is 24.8 Å². The van der Waals surface area contributed by atoms with Crippen LogP contribution in [0.2, 0.25) is 0 Å². The highest BCUT2D eigenvalue weighted by Crippen LogP contribution is 2.18. The summed E-state index contributed by atoms with van der Waals surface area (Å²) in [6, 6.07) is 1.97. The van der Waals surface area contributed by atoms with Crippen LogP contribution in [0.1, 0.15) is 44.2 Å². The minimum atomic E-state index is -0.361. The maximum Gasteiger partial charge on any atom is 0.146 e. The number of rotatable bonds is 6. The summed E-state index contributed by atoms with van der Waals surface area (Å²) in [5, 5.41) is 14.1. The lowest BCUT2D eigenvalue weighted by atomic mass is 10.1. The molecule has 2 aromatic rings. The fourth-order valence-electron chi connectivity index (χ4n) is 2.03. The number of aliphatic hydroxyl groups excluding tert-OH is 1. The summed E-state index contributed by atoms with van der Waals surface area (Å²) in [4.78, 5) is 4.24. The van der Waals surface area contributed by atoms with Gasteiger partial charge in [-0.25, -0.2) is 9.67 Å². The third-order valence-corrected chi connectivity index (χ3v) is 3.04. The average molecular weight is 248 g/mol. The second kappa shape index (κ2) is 5.82. The van der Waals surface area contributed by atoms with Crippen LogP contribution in [-0.2, 0) is 13.1 Å². The lowest BCUT2D eigenvalue weighted by Crippen LogP contribution is -2.07. The van der Waals surface area contributed by atoms with Gasteiger partial charge in [0.1, 0.15) is 12.2 Å². The third-order valence-electron chi connectivity index (χ3n) is 3.04. The molecule has 2 heterocycles. The molecule has 0 amide bonds. The normalized spacial score (nSPS) is 12.8. The molecule has 5 nitrogen and oxygen atoms in total. The molecule has 1 N–H and O–H groups in total. The van der Waals surface area contributed by atoms with Crippen LogP contribution < -0.4 is 0 Å². The molecule has 5 heteroatoms. The van der Waals surface area contributed by atoms with Gasteiger partial charge in [-0.2, -0.15) is 5.10 Å². The Balaban J connectivity index is 2.07. The largest absolute Gasteiger partial charge is 0.388 e. The molecular weight excluding hydrogens is 228 g/mol. The number of aryl methyl sites for hydroxylation is 1. The first kappa shape index (κ1) is 12.8. The van der Waals surface area contributed by atoms with Gasteiger partial charge in [0, 0.05) is 18.9 Å². The van der Waals surface area contributed by atoms with Gasteiger partial charge in [0.25, 0.3) is 0 Å². The van der Waals surface area contributed by atoms with Gasteiger partial charge in [0.15, 0.2) is 0 Å². The van der Waals surface area contributed by atoms with Crippen molar-refractivity contribution in [2.45, 2.75) is 45.9 Å². The summed E-state index contributed by atoms with van der Waals surface area (Å²) in [5.74, 6) is 0.935. The van der Waals surface area contributed by atoms with Crippen LogP contribution in [0.25, 0.3) is 0 Å². The monoisotopic (exact) mass is 248 g/mol. The third kappa shape index (κ3) is 2.79. The highest BCUT2D eigenvalue weighted by atomic mass is 16.3. The van der Waals surface area contributed by atoms with Gasteiger partial charge in [-0.1, -0.05) is 13.3 Å². The predicted molar refractivity (Wildman–Crippen MR) is 69.1 cm³/mol. The van der Waals surface area contributed by atoms with E-state index in [0.29, 0.717) is 6.54 Å². The van der Waals surface area contributed by atoms with Crippen LogP contribution in [0.4, 0.5) is 0 Å². The van der Waals surface area contributed by atoms with Crippen molar-refractivity contribution >= 4 is 0 Å². The first-order valence-electron chi connectivity index (χ1n) is 6.45. The zero-order valence-corrected chi connectivity index (χ0v) is 11.0. The maximum atomic E-state index is 9.91. The van der Waals surface area contributed by atoms with E-state index in [4.69, 9.17) is 0 Å². The van der Waals surface area contributed by atoms with Crippen molar-refractivity contribution in [2.75, 3.05) is 0 Å². The van der Waals surface area contributed by atoms with Crippen molar-refractivity contribution in [3.8, 4) is 0 Å². The minimum absolute atomic E-state index is 0.361. The van der Waals surface area contributed by atoms with Crippen molar-refractivity contribution in [2.24, 2.45) is 0 Å². The van der Waals surface area contributed by atoms with Crippen molar-refractivity contribution in [3.63, 3.8) is 0 Å². The molecule has 0 spiro atoms. The van der Waals surface area contributed by atoms with E-state index in [0.717, 1.165) is 30.8 Å². The van der Waals surface area contributed by atoms with Crippen molar-refractivity contribution in [3.05, 3.63) is 36.2 Å². The van der Waals surface area contributed by atoms with Crippen LogP contribution in [0.3, 0.4) is 0 Å². The minimum Gasteiger partial charge on any atom is -0.388 e. The summed E-state index contributed by atoms with van der Waals surface area (Å²) in [7, 11) is 0. The summed E-state index contributed by atoms with van der Waals surface area (Å²) in [6.45, 7) is 5.63. The van der Waals surface area contributed by atoms with E-state index in [9.17, 15) is 5.11 Å². The Morgan fingerprint density at radius 1 is 1.39 bits per heavy atom. The van der Waals surface area contributed by atoms with Gasteiger partial charge in [-0.3, -0.25) is 0 Å². The van der Waals surface area contributed by atoms with Crippen molar-refractivity contribution in [1.82, 2.24) is 19.3 Å². The van der Waals surface area contributed by atoms with E-state index < -0.39 is 0 Å². The summed E-state index contributed by atoms with van der Waals surface area (Å²) >= 11 is 0. The molecule has 0 aliphatic rings. The van der Waals surface area contributed by atoms with Gasteiger partial charge in [-0.15, -0.1) is 0 Å². The molecular formula is C13H20N4O. The van der Waals surface area contributed by atoms with E-state index in [1.54, 1.807) is 6.33 Å². The average Bonchev–Trinajstić information content (AvgIpc) is 2.99. The lowest BCUT2D eigenvalue weighted by molar-refractivity contribution is 0.166. The summed E-state index contributed by atoms with van der Waals surface area (Å²) in [5.41, 5.74) is 0.972. The zero-order chi connectivity index (χ0) is 13.0. The molecule has 0 saturated heterocycles. The van der Waals surface area contributed by atoms with E-state index >= 15 is 0 Å². The van der Waals surface area contributed by atoms with Crippen LogP contribution in [-0.4, -0.2) is 24.4 Å². The Hall–Kier alpha value is -1.62. The van der Waals surface area contributed by atoms with Crippen molar-refractivity contribution in [1.29, 1.82) is 0 Å². The molecule has 0 aromatic carbocycles. The van der Waals surface area contributed by atoms with E-state index in [2.05, 4.69) is 17.0 Å². The highest BCUT2D eigenvalue weighted by molar-refractivity contribution is 5.14. The Bertz CT molecular complexity index is 489. The van der Waals surface area contributed by atoms with Crippen LogP contribution >= 0.6 is 0 Å². The highest BCUT2D eigenvalue weighted by Gasteiger charge is 2.09. The predicted octanol–water partition coefficient (Wildman–Crippen LogP) is 1.98. The number of hydrogen-bond acceptors (Lipinski definition) is 3. The number of hydrogen-bond donors (Lipinski definition) is 1. The molecule has 0 radical (unpaired) electrons. The molecule has 1 unspecified atom stereocenters. The Morgan fingerprint density at radius 3 is 2.94 bits per heavy atom. The topological polar surface area (TPSA) is 55.9 Å². The van der Waals surface area contributed by atoms with Crippen LogP contribution in [0, 0.1) is 0 Å². The molecule has 0 aliphatic carbocycles. The van der Waals surface area contributed by atoms with Gasteiger partial charge < -0.3 is 9.67 Å². The van der Waals surface area contributed by atoms with Gasteiger partial charge >= 0.3 is 0 Å². The first-order valence-corrected chi connectivity index (χ1v) is 6.45. The molecule has 2 aromatic heterocycles. The number of nitrogens with zero attached hydrogens (tertiary/aromatic N) is 4. The SMILES string of the molecule is CCCC(O)c1ccn(Cc2ncnn2CC)c1. The fraction of sp³-hybridized carbons (Fsp3) is 0.538. The zero-order valence-electron chi connectivity index (χ0n) is 11.0. The Labute approximate surface area is 107 Å². The van der Waals surface area contributed by atoms with E-state index in [-0.39, 0.29) is 6.10 Å². The molecule has 98 valence electrons. The maximum absolute atomic E-state index is 9.91. The van der Waals surface area contributed by atoms with Gasteiger partial charge in [-0.05, 0) is 25.0 Å². The molecule has 0 fully saturated rings. The standard InChI is InChI=1S/C13H20N4O/c1-3-5-12(18)11-6-7-16(8-11)9-13-14-10-15-17(13)4-2/h6-8,10,12,18H,3-5,9H2,1-2H3. The number of aromatic nitrogens is 4. The molecule has 0 aliphatic heterocycles. The van der Waals surface area contributed by atoms with Gasteiger partial charge in [0.05, 0.1) is 12.6 Å². The smallest absolute Gasteiger partial charge is 0.146 e. The van der Waals surface area contributed by atoms with Gasteiger partial charge in [0.2, 0.25) is 0 Å². The summed E-state index contributed by atoms with van der Waals surface area (Å²) < 4.78 is 3.91. The van der Waals surface area contributed by atoms with Crippen molar-refractivity contribution < 1.29 is 5.11 Å². The number of aliphatic hydroxyl groups is 1. The van der Waals surface area contributed by atoms with Crippen LogP contribution in [0.5, 0.6) is 0 Å². The van der Waals surface area contributed by atoms with E-state index in [1.807, 2.05) is 34.6 Å². The first-order chi connectivity index (χ1) is 8.74. The molecule has 1 atom stereocenters. The Kier molecular flexibility index (Phi) is 4.15. The second-order valence-electron chi connectivity index (χ2n) is 4.41. The van der Waals surface area contributed by atoms with E-state index in [1.165, 1.54) is 0 Å².